The molecule has 0 aliphatic rings. The van der Waals surface area contributed by atoms with E-state index in [2.05, 4.69) is 26.5 Å². The number of hydrogen-bond acceptors (Lipinski definition) is 6. The number of nitrogens with zero attached hydrogens (tertiary/aromatic N) is 1. The lowest BCUT2D eigenvalue weighted by molar-refractivity contribution is -0.139. The Morgan fingerprint density at radius 2 is 1.89 bits per heavy atom. The van der Waals surface area contributed by atoms with Crippen molar-refractivity contribution in [2.75, 3.05) is 20.3 Å². The number of carboxylic acid groups (broad SMARTS) is 1. The number of amides is 1. The van der Waals surface area contributed by atoms with Crippen LogP contribution in [0.2, 0.25) is 0 Å². The molecular formula is C19H19BrN2O6. The highest BCUT2D eigenvalue weighted by Crippen LogP contribution is 2.28. The molecular weight excluding hydrogens is 432 g/mol. The zero-order chi connectivity index (χ0) is 20.5. The number of carbonyl (C=O) groups excluding carboxylic acids is 1. The lowest BCUT2D eigenvalue weighted by atomic mass is 10.2. The molecule has 8 nitrogen and oxygen atoms in total. The first-order valence-corrected chi connectivity index (χ1v) is 9.02. The zero-order valence-electron chi connectivity index (χ0n) is 15.3. The van der Waals surface area contributed by atoms with Crippen molar-refractivity contribution in [3.63, 3.8) is 0 Å². The summed E-state index contributed by atoms with van der Waals surface area (Å²) in [4.78, 5) is 23.0. The molecule has 0 saturated heterocycles. The number of carboxylic acids is 1. The largest absolute Gasteiger partial charge is 0.496 e. The second kappa shape index (κ2) is 10.3. The highest BCUT2D eigenvalue weighted by molar-refractivity contribution is 9.10. The molecule has 0 unspecified atom stereocenters. The number of rotatable bonds is 9. The van der Waals surface area contributed by atoms with Gasteiger partial charge in [-0.25, -0.2) is 10.2 Å². The maximum Gasteiger partial charge on any atom is 0.341 e. The van der Waals surface area contributed by atoms with Crippen LogP contribution in [0, 0.1) is 0 Å². The monoisotopic (exact) mass is 450 g/mol. The van der Waals surface area contributed by atoms with Gasteiger partial charge in [-0.15, -0.1) is 0 Å². The van der Waals surface area contributed by atoms with E-state index in [1.165, 1.54) is 13.3 Å². The molecule has 2 aromatic carbocycles. The summed E-state index contributed by atoms with van der Waals surface area (Å²) in [6.07, 6.45) is 1.44. The van der Waals surface area contributed by atoms with E-state index in [1.807, 2.05) is 0 Å². The zero-order valence-corrected chi connectivity index (χ0v) is 16.9. The fourth-order valence-corrected chi connectivity index (χ4v) is 2.58. The molecule has 9 heteroatoms. The van der Waals surface area contributed by atoms with Gasteiger partial charge in [-0.05, 0) is 48.9 Å². The summed E-state index contributed by atoms with van der Waals surface area (Å²) < 4.78 is 16.6. The normalized spacial score (nSPS) is 10.5. The highest BCUT2D eigenvalue weighted by Gasteiger charge is 2.12. The van der Waals surface area contributed by atoms with E-state index in [9.17, 15) is 9.59 Å². The maximum atomic E-state index is 12.3. The average Bonchev–Trinajstić information content (AvgIpc) is 2.67. The van der Waals surface area contributed by atoms with Gasteiger partial charge in [0, 0.05) is 4.47 Å². The SMILES string of the molecule is CCOc1cc(/C=N\NC(=O)c2cc(Br)ccc2OC)ccc1OCC(=O)O. The molecule has 2 N–H and O–H groups in total. The van der Waals surface area contributed by atoms with Crippen LogP contribution in [0.15, 0.2) is 46.0 Å². The number of halogens is 1. The number of hydrogen-bond donors (Lipinski definition) is 2. The van der Waals surface area contributed by atoms with E-state index in [0.717, 1.165) is 4.47 Å². The van der Waals surface area contributed by atoms with Crippen molar-refractivity contribution in [1.82, 2.24) is 5.43 Å². The van der Waals surface area contributed by atoms with Crippen LogP contribution in [0.3, 0.4) is 0 Å². The van der Waals surface area contributed by atoms with Crippen LogP contribution in [0.25, 0.3) is 0 Å². The fraction of sp³-hybridized carbons (Fsp3) is 0.211. The minimum absolute atomic E-state index is 0.310. The molecule has 1 amide bonds. The first kappa shape index (κ1) is 21.2. The van der Waals surface area contributed by atoms with Gasteiger partial charge in [-0.3, -0.25) is 4.79 Å². The van der Waals surface area contributed by atoms with Crippen LogP contribution in [0.1, 0.15) is 22.8 Å². The van der Waals surface area contributed by atoms with Crippen LogP contribution in [0.4, 0.5) is 0 Å². The lowest BCUT2D eigenvalue weighted by Gasteiger charge is -2.11. The summed E-state index contributed by atoms with van der Waals surface area (Å²) in [7, 11) is 1.48. The number of ether oxygens (including phenoxy) is 3. The minimum Gasteiger partial charge on any atom is -0.496 e. The summed E-state index contributed by atoms with van der Waals surface area (Å²) in [5.74, 6) is -0.397. The molecule has 28 heavy (non-hydrogen) atoms. The van der Waals surface area contributed by atoms with Gasteiger partial charge in [0.2, 0.25) is 0 Å². The third kappa shape index (κ3) is 5.98. The smallest absolute Gasteiger partial charge is 0.341 e. The molecule has 0 heterocycles. The minimum atomic E-state index is -1.08. The second-order valence-corrected chi connectivity index (χ2v) is 6.28. The van der Waals surface area contributed by atoms with Gasteiger partial charge in [0.05, 0.1) is 25.5 Å². The third-order valence-corrected chi connectivity index (χ3v) is 3.90. The van der Waals surface area contributed by atoms with E-state index in [-0.39, 0.29) is 0 Å². The average molecular weight is 451 g/mol. The van der Waals surface area contributed by atoms with Gasteiger partial charge in [-0.2, -0.15) is 5.10 Å². The molecule has 0 radical (unpaired) electrons. The van der Waals surface area contributed by atoms with E-state index in [4.69, 9.17) is 19.3 Å². The van der Waals surface area contributed by atoms with Crippen LogP contribution in [0.5, 0.6) is 17.2 Å². The molecule has 0 atom stereocenters. The van der Waals surface area contributed by atoms with Crippen molar-refractivity contribution in [2.24, 2.45) is 5.10 Å². The van der Waals surface area contributed by atoms with E-state index in [1.54, 1.807) is 43.3 Å². The molecule has 148 valence electrons. The van der Waals surface area contributed by atoms with Crippen LogP contribution in [-0.4, -0.2) is 43.5 Å². The predicted molar refractivity (Wildman–Crippen MR) is 106 cm³/mol. The molecule has 0 aliphatic carbocycles. The van der Waals surface area contributed by atoms with Gasteiger partial charge >= 0.3 is 5.97 Å². The lowest BCUT2D eigenvalue weighted by Crippen LogP contribution is -2.18. The van der Waals surface area contributed by atoms with Crippen molar-refractivity contribution in [3.05, 3.63) is 52.0 Å². The molecule has 2 rings (SSSR count). The van der Waals surface area contributed by atoms with Crippen LogP contribution >= 0.6 is 15.9 Å². The van der Waals surface area contributed by atoms with Crippen molar-refractivity contribution < 1.29 is 28.9 Å². The quantitative estimate of drug-likeness (QED) is 0.449. The summed E-state index contributed by atoms with van der Waals surface area (Å²) >= 11 is 3.31. The Hall–Kier alpha value is -3.07. The number of benzene rings is 2. The van der Waals surface area contributed by atoms with Crippen molar-refractivity contribution in [3.8, 4) is 17.2 Å². The highest BCUT2D eigenvalue weighted by atomic mass is 79.9. The summed E-state index contributed by atoms with van der Waals surface area (Å²) in [5.41, 5.74) is 3.40. The van der Waals surface area contributed by atoms with Crippen molar-refractivity contribution in [1.29, 1.82) is 0 Å². The van der Waals surface area contributed by atoms with Gasteiger partial charge in [-0.1, -0.05) is 15.9 Å². The molecule has 0 spiro atoms. The summed E-state index contributed by atoms with van der Waals surface area (Å²) in [6.45, 7) is 1.70. The molecule has 0 aromatic heterocycles. The van der Waals surface area contributed by atoms with E-state index in [0.29, 0.717) is 35.0 Å². The van der Waals surface area contributed by atoms with Crippen LogP contribution in [-0.2, 0) is 4.79 Å². The Labute approximate surface area is 170 Å². The topological polar surface area (TPSA) is 106 Å². The first-order valence-electron chi connectivity index (χ1n) is 8.23. The second-order valence-electron chi connectivity index (χ2n) is 5.37. The molecule has 0 bridgehead atoms. The predicted octanol–water partition coefficient (Wildman–Crippen LogP) is 3.08. The van der Waals surface area contributed by atoms with Gasteiger partial charge < -0.3 is 19.3 Å². The molecule has 0 aliphatic heterocycles. The Balaban J connectivity index is 2.11. The van der Waals surface area contributed by atoms with Crippen molar-refractivity contribution >= 4 is 34.0 Å². The Bertz CT molecular complexity index is 885. The summed E-state index contributed by atoms with van der Waals surface area (Å²) in [6, 6.07) is 9.94. The standard InChI is InChI=1S/C19H19BrN2O6/c1-3-27-17-8-12(4-6-16(17)28-11-18(23)24)10-21-22-19(25)14-9-13(20)5-7-15(14)26-2/h4-10H,3,11H2,1-2H3,(H,22,25)(H,23,24)/b21-10-. The number of aliphatic carboxylic acids is 1. The Kier molecular flexibility index (Phi) is 7.82. The number of nitrogens with one attached hydrogen (secondary N) is 1. The number of methoxy groups -OCH3 is 1. The number of hydrazone groups is 1. The molecule has 2 aromatic rings. The number of carbonyl (C=O) groups is 2. The molecule has 0 fully saturated rings. The van der Waals surface area contributed by atoms with E-state index < -0.39 is 18.5 Å². The maximum absolute atomic E-state index is 12.3. The van der Waals surface area contributed by atoms with E-state index >= 15 is 0 Å². The Morgan fingerprint density at radius 3 is 2.57 bits per heavy atom. The summed E-state index contributed by atoms with van der Waals surface area (Å²) in [5, 5.41) is 12.7. The Morgan fingerprint density at radius 1 is 1.14 bits per heavy atom. The van der Waals surface area contributed by atoms with Gasteiger partial charge in [0.25, 0.3) is 5.91 Å². The fourth-order valence-electron chi connectivity index (χ4n) is 2.22. The van der Waals surface area contributed by atoms with Gasteiger partial charge in [0.15, 0.2) is 18.1 Å². The van der Waals surface area contributed by atoms with Crippen LogP contribution < -0.4 is 19.6 Å². The van der Waals surface area contributed by atoms with Gasteiger partial charge in [0.1, 0.15) is 5.75 Å². The first-order chi connectivity index (χ1) is 13.4. The van der Waals surface area contributed by atoms with Crippen molar-refractivity contribution in [2.45, 2.75) is 6.92 Å². The third-order valence-electron chi connectivity index (χ3n) is 3.40. The molecule has 0 saturated carbocycles.